The van der Waals surface area contributed by atoms with E-state index in [4.69, 9.17) is 23.2 Å². The number of para-hydroxylation sites is 2. The summed E-state index contributed by atoms with van der Waals surface area (Å²) in [7, 11) is 1.85. The Labute approximate surface area is 168 Å². The predicted octanol–water partition coefficient (Wildman–Crippen LogP) is 4.19. The van der Waals surface area contributed by atoms with Crippen molar-refractivity contribution in [2.24, 2.45) is 0 Å². The van der Waals surface area contributed by atoms with E-state index in [-0.39, 0.29) is 30.8 Å². The highest BCUT2D eigenvalue weighted by Crippen LogP contribution is 2.31. The number of amides is 2. The van der Waals surface area contributed by atoms with Crippen LogP contribution in [-0.2, 0) is 16.1 Å². The van der Waals surface area contributed by atoms with E-state index in [1.54, 1.807) is 17.0 Å². The minimum Gasteiger partial charge on any atom is -0.324 e. The maximum absolute atomic E-state index is 13.1. The Kier molecular flexibility index (Phi) is 6.05. The highest BCUT2D eigenvalue weighted by atomic mass is 35.5. The average Bonchev–Trinajstić information content (AvgIpc) is 2.73. The number of nitrogens with one attached hydrogen (secondary N) is 1. The number of nitrogens with zero attached hydrogens (tertiary/aromatic N) is 2. The Morgan fingerprint density at radius 2 is 1.96 bits per heavy atom. The molecule has 0 aliphatic carbocycles. The van der Waals surface area contributed by atoms with Crippen molar-refractivity contribution >= 4 is 46.4 Å². The quantitative estimate of drug-likeness (QED) is 0.829. The van der Waals surface area contributed by atoms with Crippen LogP contribution < -0.4 is 10.2 Å². The zero-order chi connectivity index (χ0) is 19.6. The topological polar surface area (TPSA) is 52.7 Å². The molecule has 0 bridgehead atoms. The van der Waals surface area contributed by atoms with Gasteiger partial charge in [0, 0.05) is 19.0 Å². The van der Waals surface area contributed by atoms with Crippen LogP contribution in [0, 0.1) is 0 Å². The van der Waals surface area contributed by atoms with E-state index in [2.05, 4.69) is 5.32 Å². The fraction of sp³-hybridized carbons (Fsp3) is 0.300. The summed E-state index contributed by atoms with van der Waals surface area (Å²) in [5, 5.41) is 3.86. The van der Waals surface area contributed by atoms with Crippen LogP contribution >= 0.6 is 23.2 Å². The number of benzene rings is 2. The van der Waals surface area contributed by atoms with Gasteiger partial charge in [0.05, 0.1) is 28.0 Å². The van der Waals surface area contributed by atoms with Crippen molar-refractivity contribution in [1.82, 2.24) is 4.90 Å². The smallest absolute Gasteiger partial charge is 0.241 e. The Morgan fingerprint density at radius 1 is 1.22 bits per heavy atom. The van der Waals surface area contributed by atoms with Gasteiger partial charge in [-0.05, 0) is 37.7 Å². The fourth-order valence-electron chi connectivity index (χ4n) is 3.29. The maximum atomic E-state index is 13.1. The minimum atomic E-state index is -0.232. The first-order valence-corrected chi connectivity index (χ1v) is 9.44. The number of hydrogen-bond donors (Lipinski definition) is 1. The summed E-state index contributed by atoms with van der Waals surface area (Å²) in [4.78, 5) is 28.7. The highest BCUT2D eigenvalue weighted by Gasteiger charge is 2.29. The van der Waals surface area contributed by atoms with E-state index >= 15 is 0 Å². The number of halogens is 2. The Morgan fingerprint density at radius 3 is 2.74 bits per heavy atom. The molecule has 0 saturated heterocycles. The van der Waals surface area contributed by atoms with Crippen molar-refractivity contribution in [2.45, 2.75) is 25.9 Å². The molecule has 0 aromatic heterocycles. The van der Waals surface area contributed by atoms with E-state index in [1.807, 2.05) is 49.2 Å². The van der Waals surface area contributed by atoms with E-state index < -0.39 is 0 Å². The van der Waals surface area contributed by atoms with Crippen molar-refractivity contribution in [3.05, 3.63) is 58.1 Å². The SMILES string of the molecule is C[C@H]1CC(=O)Nc2ccccc2N1C(=O)CN(C)Cc1cccc(Cl)c1Cl. The second kappa shape index (κ2) is 8.30. The molecule has 1 aliphatic rings. The van der Waals surface area contributed by atoms with E-state index in [0.29, 0.717) is 22.3 Å². The summed E-state index contributed by atoms with van der Waals surface area (Å²) in [5.74, 6) is -0.170. The molecule has 0 spiro atoms. The van der Waals surface area contributed by atoms with Gasteiger partial charge in [-0.3, -0.25) is 14.5 Å². The monoisotopic (exact) mass is 405 g/mol. The van der Waals surface area contributed by atoms with Crippen molar-refractivity contribution in [3.8, 4) is 0 Å². The van der Waals surface area contributed by atoms with Gasteiger partial charge in [-0.25, -0.2) is 0 Å². The van der Waals surface area contributed by atoms with Gasteiger partial charge < -0.3 is 10.2 Å². The van der Waals surface area contributed by atoms with Crippen LogP contribution in [0.4, 0.5) is 11.4 Å². The summed E-state index contributed by atoms with van der Waals surface area (Å²) in [5.41, 5.74) is 2.23. The summed E-state index contributed by atoms with van der Waals surface area (Å²) >= 11 is 12.3. The summed E-state index contributed by atoms with van der Waals surface area (Å²) in [6, 6.07) is 12.6. The van der Waals surface area contributed by atoms with Gasteiger partial charge in [0.1, 0.15) is 0 Å². The molecule has 0 radical (unpaired) electrons. The first-order chi connectivity index (χ1) is 12.9. The zero-order valence-electron chi connectivity index (χ0n) is 15.2. The van der Waals surface area contributed by atoms with E-state index in [9.17, 15) is 9.59 Å². The molecule has 2 aromatic rings. The molecule has 2 amide bonds. The third-order valence-electron chi connectivity index (χ3n) is 4.50. The van der Waals surface area contributed by atoms with Gasteiger partial charge in [-0.2, -0.15) is 0 Å². The Hall–Kier alpha value is -2.08. The van der Waals surface area contributed by atoms with Crippen molar-refractivity contribution < 1.29 is 9.59 Å². The molecular weight excluding hydrogens is 385 g/mol. The zero-order valence-corrected chi connectivity index (χ0v) is 16.7. The summed E-state index contributed by atoms with van der Waals surface area (Å²) in [6.07, 6.45) is 0.254. The summed E-state index contributed by atoms with van der Waals surface area (Å²) in [6.45, 7) is 2.56. The fourth-order valence-corrected chi connectivity index (χ4v) is 3.67. The van der Waals surface area contributed by atoms with Crippen LogP contribution in [0.1, 0.15) is 18.9 Å². The molecular formula is C20H21Cl2N3O2. The lowest BCUT2D eigenvalue weighted by Crippen LogP contribution is -2.44. The minimum absolute atomic E-state index is 0.0768. The molecule has 0 fully saturated rings. The van der Waals surface area contributed by atoms with Gasteiger partial charge in [0.15, 0.2) is 0 Å². The molecule has 1 atom stereocenters. The third kappa shape index (κ3) is 4.43. The lowest BCUT2D eigenvalue weighted by molar-refractivity contribution is -0.120. The number of anilines is 2. The first kappa shape index (κ1) is 19.7. The Balaban J connectivity index is 1.78. The summed E-state index contributed by atoms with van der Waals surface area (Å²) < 4.78 is 0. The molecule has 1 heterocycles. The lowest BCUT2D eigenvalue weighted by atomic mass is 10.1. The van der Waals surface area contributed by atoms with Gasteiger partial charge in [-0.1, -0.05) is 47.5 Å². The Bertz CT molecular complexity index is 872. The average molecular weight is 406 g/mol. The van der Waals surface area contributed by atoms with Crippen LogP contribution in [0.3, 0.4) is 0 Å². The molecule has 27 heavy (non-hydrogen) atoms. The lowest BCUT2D eigenvalue weighted by Gasteiger charge is -2.30. The molecule has 7 heteroatoms. The van der Waals surface area contributed by atoms with Gasteiger partial charge in [0.2, 0.25) is 11.8 Å². The largest absolute Gasteiger partial charge is 0.324 e. The number of fused-ring (bicyclic) bond motifs is 1. The molecule has 0 unspecified atom stereocenters. The number of carbonyl (C=O) groups is 2. The second-order valence-corrected chi connectivity index (χ2v) is 7.55. The van der Waals surface area contributed by atoms with Crippen molar-refractivity contribution in [1.29, 1.82) is 0 Å². The van der Waals surface area contributed by atoms with Gasteiger partial charge in [0.25, 0.3) is 0 Å². The number of carbonyl (C=O) groups excluding carboxylic acids is 2. The van der Waals surface area contributed by atoms with Gasteiger partial charge >= 0.3 is 0 Å². The normalized spacial score (nSPS) is 16.7. The van der Waals surface area contributed by atoms with Crippen LogP contribution in [0.2, 0.25) is 10.0 Å². The molecule has 0 saturated carbocycles. The standard InChI is InChI=1S/C20H21Cl2N3O2/c1-13-10-18(26)23-16-8-3-4-9-17(16)25(13)19(27)12-24(2)11-14-6-5-7-15(21)20(14)22/h3-9,13H,10-12H2,1-2H3,(H,23,26)/t13-/m0/s1. The number of likely N-dealkylation sites (N-methyl/N-ethyl adjacent to an activating group) is 1. The molecule has 1 N–H and O–H groups in total. The second-order valence-electron chi connectivity index (χ2n) is 6.77. The number of rotatable bonds is 4. The van der Waals surface area contributed by atoms with Crippen LogP contribution in [-0.4, -0.2) is 36.3 Å². The van der Waals surface area contributed by atoms with Crippen LogP contribution in [0.5, 0.6) is 0 Å². The van der Waals surface area contributed by atoms with E-state index in [1.165, 1.54) is 0 Å². The molecule has 142 valence electrons. The third-order valence-corrected chi connectivity index (χ3v) is 5.36. The van der Waals surface area contributed by atoms with Crippen LogP contribution in [0.15, 0.2) is 42.5 Å². The molecule has 5 nitrogen and oxygen atoms in total. The molecule has 1 aliphatic heterocycles. The highest BCUT2D eigenvalue weighted by molar-refractivity contribution is 6.42. The van der Waals surface area contributed by atoms with Crippen molar-refractivity contribution in [2.75, 3.05) is 23.8 Å². The first-order valence-electron chi connectivity index (χ1n) is 8.69. The maximum Gasteiger partial charge on any atom is 0.241 e. The van der Waals surface area contributed by atoms with Gasteiger partial charge in [-0.15, -0.1) is 0 Å². The van der Waals surface area contributed by atoms with E-state index in [0.717, 1.165) is 11.3 Å². The molecule has 2 aromatic carbocycles. The predicted molar refractivity (Wildman–Crippen MR) is 109 cm³/mol. The van der Waals surface area contributed by atoms with Crippen LogP contribution in [0.25, 0.3) is 0 Å². The number of hydrogen-bond acceptors (Lipinski definition) is 3. The molecule has 3 rings (SSSR count). The van der Waals surface area contributed by atoms with Crippen molar-refractivity contribution in [3.63, 3.8) is 0 Å².